The second kappa shape index (κ2) is 17.3. The van der Waals surface area contributed by atoms with Crippen LogP contribution in [0.25, 0.3) is 22.2 Å². The zero-order valence-electron chi connectivity index (χ0n) is 33.7. The molecule has 5 bridgehead atoms. The second-order valence-corrected chi connectivity index (χ2v) is 18.9. The van der Waals surface area contributed by atoms with Gasteiger partial charge in [0, 0.05) is 41.8 Å². The molecule has 314 valence electrons. The fraction of sp³-hybridized carbons (Fsp3) is 0.533. The summed E-state index contributed by atoms with van der Waals surface area (Å²) in [6.45, 7) is 0.0510. The highest BCUT2D eigenvalue weighted by Crippen LogP contribution is 2.46. The molecule has 3 N–H and O–H groups in total. The lowest BCUT2D eigenvalue weighted by Gasteiger charge is -2.30. The number of aryl methyl sites for hydroxylation is 1. The highest BCUT2D eigenvalue weighted by molar-refractivity contribution is 7.91. The van der Waals surface area contributed by atoms with Crippen LogP contribution in [0.1, 0.15) is 102 Å². The topological polar surface area (TPSA) is 173 Å². The van der Waals surface area contributed by atoms with E-state index in [0.717, 1.165) is 73.6 Å². The van der Waals surface area contributed by atoms with E-state index in [0.29, 0.717) is 55.5 Å². The number of allylic oxidation sites excluding steroid dienone is 1. The average Bonchev–Trinajstić information content (AvgIpc) is 4.15. The van der Waals surface area contributed by atoms with Crippen LogP contribution in [0.2, 0.25) is 0 Å². The molecular weight excluding hydrogens is 771 g/mol. The zero-order chi connectivity index (χ0) is 41.1. The normalized spacial score (nSPS) is 27.7. The van der Waals surface area contributed by atoms with Crippen LogP contribution in [-0.2, 0) is 35.6 Å². The van der Waals surface area contributed by atoms with Crippen LogP contribution in [0.15, 0.2) is 60.7 Å². The van der Waals surface area contributed by atoms with Crippen LogP contribution in [0, 0.1) is 5.92 Å². The number of amides is 4. The second-order valence-electron chi connectivity index (χ2n) is 16.9. The van der Waals surface area contributed by atoms with Crippen molar-refractivity contribution in [3.05, 3.63) is 66.2 Å². The SMILES string of the molecule is COc1cc2nc(-c3ccccc3)cc3c2cc1CCCCCCCC(=O)N[C@H]1CCCCC/C=C\[C@@H]2C[C@@]2(C(=O)NS(=O)(=O)C2CC2)NC(=O)[C@@H]2C[C@H](CN2C1=O)O3. The number of ether oxygens (including phenoxy) is 2. The Morgan fingerprint density at radius 3 is 2.49 bits per heavy atom. The minimum atomic E-state index is -3.89. The minimum Gasteiger partial charge on any atom is -0.496 e. The molecule has 0 unspecified atom stereocenters. The standard InChI is InChI=1S/C45H55N5O8S/c1-57-39-26-37-34-23-30(39)17-9-4-2-7-14-20-41(51)47-35-19-13-6-3-5-12-18-31-27-45(31,44(54)49-59(55,56)33-21-22-33)48-42(52)38-24-32(28-50(38)43(35)53)58-40(34)25-36(46-37)29-15-10-8-11-16-29/h8,10-12,15-16,18,23,25-26,31-33,35,38H,2-7,9,13-14,17,19-22,24,27-28H2,1H3,(H,47,51)(H,48,52)(H,49,54)/b18-12-/t31-,32-,35+,38+,45-/m1/s1. The Hall–Kier alpha value is -4.98. The molecule has 0 radical (unpaired) electrons. The first kappa shape index (κ1) is 40.8. The maximum Gasteiger partial charge on any atom is 0.259 e. The number of rotatable bonds is 5. The van der Waals surface area contributed by atoms with E-state index >= 15 is 0 Å². The first-order valence-corrected chi connectivity index (χ1v) is 23.0. The van der Waals surface area contributed by atoms with Gasteiger partial charge in [0.25, 0.3) is 5.91 Å². The molecule has 3 aliphatic heterocycles. The highest BCUT2D eigenvalue weighted by atomic mass is 32.2. The predicted molar refractivity (Wildman–Crippen MR) is 223 cm³/mol. The maximum absolute atomic E-state index is 14.8. The molecule has 2 aliphatic carbocycles. The van der Waals surface area contributed by atoms with Crippen molar-refractivity contribution in [1.82, 2.24) is 25.2 Å². The van der Waals surface area contributed by atoms with Crippen LogP contribution in [-0.4, -0.2) is 84.6 Å². The van der Waals surface area contributed by atoms with Gasteiger partial charge >= 0.3 is 0 Å². The quantitative estimate of drug-likeness (QED) is 0.275. The molecule has 59 heavy (non-hydrogen) atoms. The summed E-state index contributed by atoms with van der Waals surface area (Å²) in [5, 5.41) is 6.15. The Labute approximate surface area is 346 Å². The number of methoxy groups -OCH3 is 1. The number of fused-ring (bicyclic) bond motifs is 4. The molecule has 1 saturated heterocycles. The summed E-state index contributed by atoms with van der Waals surface area (Å²) in [5.41, 5.74) is 1.80. The van der Waals surface area contributed by atoms with Crippen molar-refractivity contribution >= 4 is 44.6 Å². The van der Waals surface area contributed by atoms with Crippen molar-refractivity contribution in [2.24, 2.45) is 5.92 Å². The molecule has 8 rings (SSSR count). The number of carbonyl (C=O) groups is 4. The molecule has 3 aromatic rings. The summed E-state index contributed by atoms with van der Waals surface area (Å²) in [4.78, 5) is 63.2. The van der Waals surface area contributed by atoms with Gasteiger partial charge in [-0.2, -0.15) is 0 Å². The lowest BCUT2D eigenvalue weighted by molar-refractivity contribution is -0.142. The molecule has 14 heteroatoms. The molecular formula is C45H55N5O8S. The summed E-state index contributed by atoms with van der Waals surface area (Å²) in [6, 6.07) is 13.8. The van der Waals surface area contributed by atoms with Gasteiger partial charge in [-0.25, -0.2) is 13.4 Å². The Bertz CT molecular complexity index is 2230. The van der Waals surface area contributed by atoms with Crippen molar-refractivity contribution in [2.45, 2.75) is 132 Å². The number of benzene rings is 2. The van der Waals surface area contributed by atoms with E-state index in [1.807, 2.05) is 54.6 Å². The third-order valence-corrected chi connectivity index (χ3v) is 14.4. The lowest BCUT2D eigenvalue weighted by Crippen LogP contribution is -2.58. The van der Waals surface area contributed by atoms with Crippen LogP contribution >= 0.6 is 0 Å². The third-order valence-electron chi connectivity index (χ3n) is 12.6. The van der Waals surface area contributed by atoms with Crippen LogP contribution in [0.4, 0.5) is 0 Å². The van der Waals surface area contributed by atoms with E-state index in [4.69, 9.17) is 14.5 Å². The molecule has 5 atom stereocenters. The molecule has 2 aromatic carbocycles. The van der Waals surface area contributed by atoms with Gasteiger partial charge in [0.15, 0.2) is 0 Å². The summed E-state index contributed by atoms with van der Waals surface area (Å²) in [5.74, 6) is -1.03. The van der Waals surface area contributed by atoms with E-state index in [9.17, 15) is 27.6 Å². The van der Waals surface area contributed by atoms with Gasteiger partial charge in [-0.3, -0.25) is 23.9 Å². The number of aromatic nitrogens is 1. The van der Waals surface area contributed by atoms with Crippen molar-refractivity contribution in [2.75, 3.05) is 13.7 Å². The number of sulfonamides is 1. The highest BCUT2D eigenvalue weighted by Gasteiger charge is 2.62. The number of hydrogen-bond donors (Lipinski definition) is 3. The van der Waals surface area contributed by atoms with Crippen molar-refractivity contribution < 1.29 is 37.1 Å². The van der Waals surface area contributed by atoms with Gasteiger partial charge in [-0.15, -0.1) is 0 Å². The first-order valence-electron chi connectivity index (χ1n) is 21.4. The van der Waals surface area contributed by atoms with E-state index in [-0.39, 0.29) is 31.2 Å². The summed E-state index contributed by atoms with van der Waals surface area (Å²) in [7, 11) is -2.23. The van der Waals surface area contributed by atoms with Gasteiger partial charge < -0.3 is 25.0 Å². The first-order chi connectivity index (χ1) is 28.5. The molecule has 2 saturated carbocycles. The van der Waals surface area contributed by atoms with Crippen LogP contribution < -0.4 is 24.8 Å². The Balaban J connectivity index is 1.18. The van der Waals surface area contributed by atoms with Crippen molar-refractivity contribution in [1.29, 1.82) is 0 Å². The molecule has 4 amide bonds. The van der Waals surface area contributed by atoms with Gasteiger partial charge in [-0.1, -0.05) is 74.6 Å². The number of hydrogen-bond acceptors (Lipinski definition) is 9. The number of nitrogens with one attached hydrogen (secondary N) is 3. The fourth-order valence-electron chi connectivity index (χ4n) is 8.93. The number of pyridine rings is 1. The number of carbonyl (C=O) groups excluding carboxylic acids is 4. The van der Waals surface area contributed by atoms with Crippen molar-refractivity contribution in [3.63, 3.8) is 0 Å². The van der Waals surface area contributed by atoms with Crippen LogP contribution in [0.5, 0.6) is 11.5 Å². The van der Waals surface area contributed by atoms with Gasteiger partial charge in [0.05, 0.1) is 30.1 Å². The number of nitrogens with zero attached hydrogens (tertiary/aromatic N) is 2. The molecule has 13 nitrogen and oxygen atoms in total. The Morgan fingerprint density at radius 2 is 1.71 bits per heavy atom. The summed E-state index contributed by atoms with van der Waals surface area (Å²) >= 11 is 0. The lowest BCUT2D eigenvalue weighted by atomic mass is 10.0. The van der Waals surface area contributed by atoms with Gasteiger partial charge in [0.2, 0.25) is 27.7 Å². The molecule has 3 fully saturated rings. The Morgan fingerprint density at radius 1 is 0.949 bits per heavy atom. The van der Waals surface area contributed by atoms with Gasteiger partial charge in [0.1, 0.15) is 35.2 Å². The van der Waals surface area contributed by atoms with Crippen LogP contribution in [0.3, 0.4) is 0 Å². The summed E-state index contributed by atoms with van der Waals surface area (Å²) < 4.78 is 40.9. The minimum absolute atomic E-state index is 0.0510. The van der Waals surface area contributed by atoms with E-state index in [1.165, 1.54) is 4.90 Å². The Kier molecular flexibility index (Phi) is 12.0. The van der Waals surface area contributed by atoms with E-state index < -0.39 is 56.7 Å². The van der Waals surface area contributed by atoms with E-state index in [2.05, 4.69) is 21.4 Å². The fourth-order valence-corrected chi connectivity index (χ4v) is 10.3. The molecule has 5 aliphatic rings. The largest absolute Gasteiger partial charge is 0.496 e. The van der Waals surface area contributed by atoms with E-state index in [1.54, 1.807) is 7.11 Å². The molecule has 4 heterocycles. The third kappa shape index (κ3) is 9.12. The van der Waals surface area contributed by atoms with Gasteiger partial charge in [-0.05, 0) is 69.4 Å². The molecule has 1 aromatic heterocycles. The zero-order valence-corrected chi connectivity index (χ0v) is 34.6. The summed E-state index contributed by atoms with van der Waals surface area (Å²) in [6.07, 6.45) is 13.6. The predicted octanol–water partition coefficient (Wildman–Crippen LogP) is 5.64. The maximum atomic E-state index is 14.8. The van der Waals surface area contributed by atoms with Crippen molar-refractivity contribution in [3.8, 4) is 22.8 Å². The molecule has 0 spiro atoms. The monoisotopic (exact) mass is 825 g/mol. The smallest absolute Gasteiger partial charge is 0.259 e. The average molecular weight is 826 g/mol.